The zero-order chi connectivity index (χ0) is 28.1. The van der Waals surface area contributed by atoms with E-state index < -0.39 is 27.9 Å². The van der Waals surface area contributed by atoms with Crippen molar-refractivity contribution in [3.8, 4) is 5.75 Å². The van der Waals surface area contributed by atoms with E-state index >= 15 is 0 Å². The van der Waals surface area contributed by atoms with Gasteiger partial charge in [-0.1, -0.05) is 26.2 Å². The van der Waals surface area contributed by atoms with Crippen molar-refractivity contribution in [1.29, 1.82) is 0 Å². The number of methoxy groups -OCH3 is 1. The summed E-state index contributed by atoms with van der Waals surface area (Å²) >= 11 is 0. The molecule has 1 aromatic rings. The van der Waals surface area contributed by atoms with Crippen molar-refractivity contribution in [1.82, 2.24) is 9.80 Å². The quantitative estimate of drug-likeness (QED) is 0.553. The maximum Gasteiger partial charge on any atom is 0.404 e. The fourth-order valence-corrected chi connectivity index (χ4v) is 6.29. The minimum absolute atomic E-state index is 0.0296. The van der Waals surface area contributed by atoms with Gasteiger partial charge < -0.3 is 14.4 Å². The molecule has 1 aliphatic carbocycles. The molecule has 1 N–H and O–H groups in total. The van der Waals surface area contributed by atoms with Crippen LogP contribution in [0, 0.1) is 11.8 Å². The van der Waals surface area contributed by atoms with Gasteiger partial charge in [0.1, 0.15) is 12.4 Å². The van der Waals surface area contributed by atoms with E-state index in [0.717, 1.165) is 13.1 Å². The molecule has 12 heteroatoms. The average Bonchev–Trinajstić information content (AvgIpc) is 2.83. The maximum atomic E-state index is 13.4. The topological polar surface area (TPSA) is 88.2 Å². The second-order valence-electron chi connectivity index (χ2n) is 10.7. The van der Waals surface area contributed by atoms with Crippen molar-refractivity contribution in [2.24, 2.45) is 11.8 Å². The average molecular weight is 564 g/mol. The summed E-state index contributed by atoms with van der Waals surface area (Å²) in [6.07, 6.45) is 1.04. The first-order chi connectivity index (χ1) is 17.8. The Morgan fingerprint density at radius 2 is 1.82 bits per heavy atom. The lowest BCUT2D eigenvalue weighted by Crippen LogP contribution is -2.48. The number of anilines is 1. The molecule has 1 amide bonds. The van der Waals surface area contributed by atoms with E-state index in [1.165, 1.54) is 55.2 Å². The standard InChI is InChI=1S/C26H40F3N3O5S/c1-18-13-32(14-20-8-6-5-7-9-20)19(2)16-37-23-11-10-21(30-38(34,35)17-26(27,28)29)12-22(23)25(33)31(3)15-24(18)36-4/h10-12,18-20,24,30H,5-9,13-17H2,1-4H3/t18-,19+,24+/m0/s1. The van der Waals surface area contributed by atoms with E-state index in [4.69, 9.17) is 9.47 Å². The predicted octanol–water partition coefficient (Wildman–Crippen LogP) is 4.38. The van der Waals surface area contributed by atoms with E-state index in [-0.39, 0.29) is 41.6 Å². The van der Waals surface area contributed by atoms with Crippen LogP contribution in [0.2, 0.25) is 0 Å². The number of likely N-dealkylation sites (N-methyl/N-ethyl adjacent to an activating group) is 1. The van der Waals surface area contributed by atoms with Gasteiger partial charge in [-0.15, -0.1) is 0 Å². The summed E-state index contributed by atoms with van der Waals surface area (Å²) in [7, 11) is -1.48. The van der Waals surface area contributed by atoms with Gasteiger partial charge in [-0.05, 0) is 49.8 Å². The van der Waals surface area contributed by atoms with Gasteiger partial charge in [0.25, 0.3) is 5.91 Å². The van der Waals surface area contributed by atoms with Gasteiger partial charge in [0.15, 0.2) is 5.75 Å². The third kappa shape index (κ3) is 8.74. The molecule has 0 saturated heterocycles. The Morgan fingerprint density at radius 1 is 1.13 bits per heavy atom. The van der Waals surface area contributed by atoms with E-state index in [9.17, 15) is 26.4 Å². The zero-order valence-corrected chi connectivity index (χ0v) is 23.4. The van der Waals surface area contributed by atoms with Crippen molar-refractivity contribution < 1.29 is 35.9 Å². The molecule has 38 heavy (non-hydrogen) atoms. The Labute approximate surface area is 223 Å². The molecule has 1 heterocycles. The van der Waals surface area contributed by atoms with Gasteiger partial charge >= 0.3 is 6.18 Å². The normalized spacial score (nSPS) is 25.2. The van der Waals surface area contributed by atoms with Crippen molar-refractivity contribution in [2.45, 2.75) is 64.3 Å². The van der Waals surface area contributed by atoms with Crippen molar-refractivity contribution in [3.63, 3.8) is 0 Å². The molecule has 1 saturated carbocycles. The Hall–Kier alpha value is -2.05. The van der Waals surface area contributed by atoms with Gasteiger partial charge in [-0.2, -0.15) is 13.2 Å². The summed E-state index contributed by atoms with van der Waals surface area (Å²) in [6, 6.07) is 3.98. The van der Waals surface area contributed by atoms with Crippen LogP contribution < -0.4 is 9.46 Å². The number of ether oxygens (including phenoxy) is 2. The molecule has 2 aliphatic rings. The third-order valence-corrected chi connectivity index (χ3v) is 8.67. The maximum absolute atomic E-state index is 13.4. The number of nitrogens with one attached hydrogen (secondary N) is 1. The van der Waals surface area contributed by atoms with Crippen LogP contribution in [0.3, 0.4) is 0 Å². The van der Waals surface area contributed by atoms with E-state index in [2.05, 4.69) is 18.7 Å². The number of hydrogen-bond donors (Lipinski definition) is 1. The first-order valence-electron chi connectivity index (χ1n) is 13.1. The molecule has 0 aromatic heterocycles. The molecule has 0 unspecified atom stereocenters. The fraction of sp³-hybridized carbons (Fsp3) is 0.731. The minimum Gasteiger partial charge on any atom is -0.491 e. The summed E-state index contributed by atoms with van der Waals surface area (Å²) in [5.74, 6) is -1.49. The highest BCUT2D eigenvalue weighted by atomic mass is 32.2. The highest BCUT2D eigenvalue weighted by Crippen LogP contribution is 2.29. The predicted molar refractivity (Wildman–Crippen MR) is 140 cm³/mol. The Balaban J connectivity index is 1.90. The first-order valence-corrected chi connectivity index (χ1v) is 14.8. The Kier molecular flexibility index (Phi) is 10.3. The highest BCUT2D eigenvalue weighted by molar-refractivity contribution is 7.92. The van der Waals surface area contributed by atoms with Crippen LogP contribution in [0.15, 0.2) is 18.2 Å². The van der Waals surface area contributed by atoms with E-state index in [1.54, 1.807) is 14.2 Å². The van der Waals surface area contributed by atoms with Crippen LogP contribution in [0.1, 0.15) is 56.3 Å². The van der Waals surface area contributed by atoms with Gasteiger partial charge in [0.05, 0.1) is 11.7 Å². The molecule has 3 atom stereocenters. The molecule has 8 nitrogen and oxygen atoms in total. The third-order valence-electron chi connectivity index (χ3n) is 7.42. The summed E-state index contributed by atoms with van der Waals surface area (Å²) in [6.45, 7) is 6.49. The highest BCUT2D eigenvalue weighted by Gasteiger charge is 2.35. The molecule has 1 fully saturated rings. The number of alkyl halides is 3. The summed E-state index contributed by atoms with van der Waals surface area (Å²) in [5, 5.41) is 0. The number of nitrogens with zero attached hydrogens (tertiary/aromatic N) is 2. The van der Waals surface area contributed by atoms with Crippen LogP contribution in [0.25, 0.3) is 0 Å². The molecule has 0 radical (unpaired) electrons. The number of benzene rings is 1. The number of amides is 1. The van der Waals surface area contributed by atoms with Crippen LogP contribution in [-0.4, -0.2) is 88.6 Å². The van der Waals surface area contributed by atoms with E-state index in [0.29, 0.717) is 12.5 Å². The number of halogens is 3. The smallest absolute Gasteiger partial charge is 0.404 e. The summed E-state index contributed by atoms with van der Waals surface area (Å²) in [5.41, 5.74) is -0.0807. The molecule has 1 aliphatic heterocycles. The SMILES string of the molecule is CO[C@@H]1CN(C)C(=O)c2cc(NS(=O)(=O)CC(F)(F)F)ccc2OC[C@@H](C)N(CC2CCCCC2)C[C@@H]1C. The molecule has 216 valence electrons. The van der Waals surface area contributed by atoms with E-state index in [1.807, 2.05) is 4.72 Å². The number of hydrogen-bond acceptors (Lipinski definition) is 6. The lowest BCUT2D eigenvalue weighted by atomic mass is 9.88. The number of carbonyl (C=O) groups is 1. The zero-order valence-electron chi connectivity index (χ0n) is 22.6. The largest absolute Gasteiger partial charge is 0.491 e. The van der Waals surface area contributed by atoms with Gasteiger partial charge in [-0.3, -0.25) is 14.4 Å². The first kappa shape index (κ1) is 30.5. The fourth-order valence-electron chi connectivity index (χ4n) is 5.30. The molecule has 3 rings (SSSR count). The van der Waals surface area contributed by atoms with Gasteiger partial charge in [-0.25, -0.2) is 8.42 Å². The van der Waals surface area contributed by atoms with Crippen LogP contribution in [0.5, 0.6) is 5.75 Å². The second kappa shape index (κ2) is 12.9. The number of sulfonamides is 1. The summed E-state index contributed by atoms with van der Waals surface area (Å²) < 4.78 is 75.9. The van der Waals surface area contributed by atoms with Crippen LogP contribution in [0.4, 0.5) is 18.9 Å². The minimum atomic E-state index is -4.90. The van der Waals surface area contributed by atoms with Crippen molar-refractivity contribution in [2.75, 3.05) is 50.9 Å². The molecular weight excluding hydrogens is 523 g/mol. The molecule has 0 bridgehead atoms. The van der Waals surface area contributed by atoms with Crippen LogP contribution >= 0.6 is 0 Å². The molecule has 1 aromatic carbocycles. The van der Waals surface area contributed by atoms with Gasteiger partial charge in [0.2, 0.25) is 10.0 Å². The van der Waals surface area contributed by atoms with Crippen molar-refractivity contribution >= 4 is 21.6 Å². The number of fused-ring (bicyclic) bond motifs is 1. The Bertz CT molecular complexity index is 1050. The molecule has 0 spiro atoms. The number of carbonyl (C=O) groups excluding carboxylic acids is 1. The monoisotopic (exact) mass is 563 g/mol. The summed E-state index contributed by atoms with van der Waals surface area (Å²) in [4.78, 5) is 17.3. The molecular formula is C26H40F3N3O5S. The van der Waals surface area contributed by atoms with Crippen molar-refractivity contribution in [3.05, 3.63) is 23.8 Å². The van der Waals surface area contributed by atoms with Crippen LogP contribution in [-0.2, 0) is 14.8 Å². The number of rotatable bonds is 6. The lowest BCUT2D eigenvalue weighted by Gasteiger charge is -2.38. The lowest BCUT2D eigenvalue weighted by molar-refractivity contribution is -0.106. The Morgan fingerprint density at radius 3 is 2.45 bits per heavy atom. The van der Waals surface area contributed by atoms with Gasteiger partial charge in [0, 0.05) is 45.5 Å². The second-order valence-corrected chi connectivity index (χ2v) is 12.5.